The van der Waals surface area contributed by atoms with Crippen LogP contribution in [-0.2, 0) is 40.9 Å². The lowest BCUT2D eigenvalue weighted by Crippen LogP contribution is -2.52. The van der Waals surface area contributed by atoms with Gasteiger partial charge in [0.15, 0.2) is 0 Å². The number of amides is 2. The van der Waals surface area contributed by atoms with E-state index in [9.17, 15) is 18.0 Å². The van der Waals surface area contributed by atoms with E-state index in [1.165, 1.54) is 31.0 Å². The van der Waals surface area contributed by atoms with Gasteiger partial charge in [0.1, 0.15) is 17.5 Å². The molecule has 2 N–H and O–H groups in total. The summed E-state index contributed by atoms with van der Waals surface area (Å²) in [6.07, 6.45) is 7.09. The first kappa shape index (κ1) is 33.2. The lowest BCUT2D eigenvalue weighted by atomic mass is 9.68. The quantitative estimate of drug-likeness (QED) is 0.435. The molecule has 1 saturated carbocycles. The lowest BCUT2D eigenvalue weighted by molar-refractivity contribution is -0.139. The number of alkyl carbamates (subject to hydrolysis) is 1. The third-order valence-corrected chi connectivity index (χ3v) is 12.1. The maximum atomic E-state index is 13.6. The highest BCUT2D eigenvalue weighted by atomic mass is 35.5. The van der Waals surface area contributed by atoms with Crippen LogP contribution in [0.3, 0.4) is 0 Å². The van der Waals surface area contributed by atoms with Gasteiger partial charge in [-0.2, -0.15) is 0 Å². The monoisotopic (exact) mass is 699 g/mol. The van der Waals surface area contributed by atoms with E-state index >= 15 is 0 Å². The molecule has 2 bridgehead atoms. The highest BCUT2D eigenvalue weighted by Gasteiger charge is 2.45. The zero-order valence-corrected chi connectivity index (χ0v) is 28.8. The van der Waals surface area contributed by atoms with Crippen molar-refractivity contribution in [2.24, 2.45) is 11.8 Å². The zero-order valence-electron chi connectivity index (χ0n) is 27.2. The van der Waals surface area contributed by atoms with Crippen LogP contribution >= 0.6 is 11.6 Å². The minimum absolute atomic E-state index is 0.0155. The fourth-order valence-electron chi connectivity index (χ4n) is 7.53. The summed E-state index contributed by atoms with van der Waals surface area (Å²) in [6, 6.07) is 10.8. The maximum Gasteiger partial charge on any atom is 0.408 e. The molecule has 11 nitrogen and oxygen atoms in total. The number of benzene rings is 2. The molecule has 4 atom stereocenters. The van der Waals surface area contributed by atoms with Crippen molar-refractivity contribution in [1.29, 1.82) is 0 Å². The number of ether oxygens (including phenoxy) is 4. The Kier molecular flexibility index (Phi) is 8.89. The van der Waals surface area contributed by atoms with Gasteiger partial charge in [-0.15, -0.1) is 0 Å². The van der Waals surface area contributed by atoms with Gasteiger partial charge in [-0.3, -0.25) is 4.79 Å². The molecule has 3 aliphatic heterocycles. The number of anilines is 1. The minimum Gasteiger partial charge on any atom is -0.490 e. The molecule has 48 heavy (non-hydrogen) atoms. The third-order valence-electron chi connectivity index (χ3n) is 10.5. The van der Waals surface area contributed by atoms with Gasteiger partial charge in [-0.05, 0) is 99.4 Å². The van der Waals surface area contributed by atoms with Gasteiger partial charge < -0.3 is 29.2 Å². The van der Waals surface area contributed by atoms with Gasteiger partial charge in [-0.1, -0.05) is 23.7 Å². The predicted molar refractivity (Wildman–Crippen MR) is 179 cm³/mol. The number of aryl methyl sites for hydroxylation is 1. The van der Waals surface area contributed by atoms with E-state index in [1.54, 1.807) is 18.2 Å². The van der Waals surface area contributed by atoms with Gasteiger partial charge in [0.05, 0.1) is 43.1 Å². The molecule has 13 heteroatoms. The molecule has 0 unspecified atom stereocenters. The molecular weight excluding hydrogens is 658 g/mol. The smallest absolute Gasteiger partial charge is 0.408 e. The Labute approximate surface area is 286 Å². The number of hydrogen-bond donors (Lipinski definition) is 2. The second-order valence-corrected chi connectivity index (χ2v) is 16.3. The van der Waals surface area contributed by atoms with Crippen LogP contribution in [0.2, 0.25) is 5.02 Å². The van der Waals surface area contributed by atoms with E-state index in [0.717, 1.165) is 32.1 Å². The number of rotatable bonds is 2. The molecule has 1 saturated heterocycles. The second kappa shape index (κ2) is 12.9. The van der Waals surface area contributed by atoms with E-state index < -0.39 is 33.7 Å². The number of halogens is 1. The topological polar surface area (TPSA) is 132 Å². The van der Waals surface area contributed by atoms with Crippen LogP contribution in [-0.4, -0.2) is 77.7 Å². The Balaban J connectivity index is 1.27. The number of nitrogens with one attached hydrogen (secondary N) is 2. The van der Waals surface area contributed by atoms with Crippen molar-refractivity contribution in [3.63, 3.8) is 0 Å². The van der Waals surface area contributed by atoms with E-state index in [1.807, 2.05) is 18.2 Å². The van der Waals surface area contributed by atoms with Crippen molar-refractivity contribution >= 4 is 39.3 Å². The lowest BCUT2D eigenvalue weighted by Gasteiger charge is -2.46. The number of sulfonamides is 1. The standard InChI is InChI=1S/C35H42ClN3O8S/c1-34(2)32(40)38-48(42,43)26-9-12-31-29(16-26)39(20-35(21-45-31)13-3-5-22-15-24(36)8-11-28(22)35)17-23-7-10-27(23)30(6-4-14-46-34)47-33(41)37-25-18-44-19-25/h4,6,8-9,11-12,15-16,23,25,27,30H,3,5,7,10,13-14,17-21H2,1-2H3,(H,37,41)(H,38,40)/b6-4-/t23-,27+,30-,35-/m0/s1. The van der Waals surface area contributed by atoms with Crippen LogP contribution in [0.5, 0.6) is 5.75 Å². The third kappa shape index (κ3) is 6.51. The molecule has 0 aromatic heterocycles. The Bertz CT molecular complexity index is 1730. The molecule has 7 rings (SSSR count). The predicted octanol–water partition coefficient (Wildman–Crippen LogP) is 4.50. The van der Waals surface area contributed by atoms with Crippen molar-refractivity contribution in [1.82, 2.24) is 10.0 Å². The van der Waals surface area contributed by atoms with Crippen molar-refractivity contribution in [3.05, 3.63) is 64.7 Å². The number of nitrogens with zero attached hydrogens (tertiary/aromatic N) is 1. The maximum absolute atomic E-state index is 13.6. The fraction of sp³-hybridized carbons (Fsp3) is 0.543. The van der Waals surface area contributed by atoms with Crippen LogP contribution in [0, 0.1) is 11.8 Å². The Morgan fingerprint density at radius 1 is 1.15 bits per heavy atom. The molecular formula is C35H42ClN3O8S. The molecule has 1 spiro atoms. The van der Waals surface area contributed by atoms with Gasteiger partial charge in [0, 0.05) is 29.4 Å². The largest absolute Gasteiger partial charge is 0.490 e. The summed E-state index contributed by atoms with van der Waals surface area (Å²) < 4.78 is 53.0. The van der Waals surface area contributed by atoms with Gasteiger partial charge >= 0.3 is 6.09 Å². The zero-order chi connectivity index (χ0) is 33.7. The van der Waals surface area contributed by atoms with E-state index in [2.05, 4.69) is 21.0 Å². The molecule has 3 heterocycles. The molecule has 2 aromatic rings. The molecule has 2 fully saturated rings. The average Bonchev–Trinajstić information content (AvgIpc) is 3.15. The molecule has 258 valence electrons. The number of carbonyl (C=O) groups excluding carboxylic acids is 2. The van der Waals surface area contributed by atoms with Crippen LogP contribution in [0.1, 0.15) is 50.7 Å². The summed E-state index contributed by atoms with van der Waals surface area (Å²) in [5.74, 6) is -0.0621. The summed E-state index contributed by atoms with van der Waals surface area (Å²) >= 11 is 6.42. The Morgan fingerprint density at radius 3 is 2.73 bits per heavy atom. The van der Waals surface area contributed by atoms with E-state index in [0.29, 0.717) is 49.4 Å². The summed E-state index contributed by atoms with van der Waals surface area (Å²) in [4.78, 5) is 28.4. The van der Waals surface area contributed by atoms with Gasteiger partial charge in [0.2, 0.25) is 0 Å². The SMILES string of the molecule is CC1(C)OC/C=C\[C@H](OC(=O)NC2COC2)[C@@H]2CC[C@H]2CN2C[C@@]3(CCCc4cc(Cl)ccc43)COc3ccc(cc32)S(=O)(=O)NC1=O. The molecule has 2 amide bonds. The van der Waals surface area contributed by atoms with E-state index in [-0.39, 0.29) is 34.8 Å². The van der Waals surface area contributed by atoms with Crippen molar-refractivity contribution in [2.75, 3.05) is 44.4 Å². The Hall–Kier alpha value is -3.32. The number of carbonyl (C=O) groups is 2. The minimum atomic E-state index is -4.24. The highest BCUT2D eigenvalue weighted by molar-refractivity contribution is 7.90. The second-order valence-electron chi connectivity index (χ2n) is 14.2. The van der Waals surface area contributed by atoms with Crippen LogP contribution in [0.25, 0.3) is 0 Å². The number of fused-ring (bicyclic) bond motifs is 4. The molecule has 0 radical (unpaired) electrons. The first-order chi connectivity index (χ1) is 22.9. The molecule has 5 aliphatic rings. The van der Waals surface area contributed by atoms with Crippen LogP contribution < -0.4 is 19.7 Å². The number of hydrogen-bond acceptors (Lipinski definition) is 9. The Morgan fingerprint density at radius 2 is 1.98 bits per heavy atom. The summed E-state index contributed by atoms with van der Waals surface area (Å²) in [6.45, 7) is 5.57. The summed E-state index contributed by atoms with van der Waals surface area (Å²) in [7, 11) is -4.24. The van der Waals surface area contributed by atoms with Crippen molar-refractivity contribution in [3.8, 4) is 5.75 Å². The molecule has 2 aliphatic carbocycles. The van der Waals surface area contributed by atoms with E-state index in [4.69, 9.17) is 30.5 Å². The van der Waals surface area contributed by atoms with Gasteiger partial charge in [-0.25, -0.2) is 17.9 Å². The first-order valence-electron chi connectivity index (χ1n) is 16.7. The van der Waals surface area contributed by atoms with Gasteiger partial charge in [0.25, 0.3) is 15.9 Å². The first-order valence-corrected chi connectivity index (χ1v) is 18.5. The summed E-state index contributed by atoms with van der Waals surface area (Å²) in [5.41, 5.74) is 1.23. The van der Waals surface area contributed by atoms with Crippen LogP contribution in [0.4, 0.5) is 10.5 Å². The average molecular weight is 700 g/mol. The van der Waals surface area contributed by atoms with Crippen molar-refractivity contribution in [2.45, 2.75) is 74.0 Å². The molecule has 2 aromatic carbocycles. The highest BCUT2D eigenvalue weighted by Crippen LogP contribution is 2.47. The van der Waals surface area contributed by atoms with Crippen LogP contribution in [0.15, 0.2) is 53.4 Å². The van der Waals surface area contributed by atoms with Crippen molar-refractivity contribution < 1.29 is 37.0 Å². The normalized spacial score (nSPS) is 30.2. The summed E-state index contributed by atoms with van der Waals surface area (Å²) in [5, 5.41) is 3.57. The fourth-order valence-corrected chi connectivity index (χ4v) is 8.84.